The number of ether oxygens (including phenoxy) is 3. The van der Waals surface area contributed by atoms with Crippen LogP contribution in [0.3, 0.4) is 0 Å². The summed E-state index contributed by atoms with van der Waals surface area (Å²) < 4.78 is 37.1. The van der Waals surface area contributed by atoms with Crippen molar-refractivity contribution in [3.63, 3.8) is 0 Å². The number of hydrogen-bond acceptors (Lipinski definition) is 5. The minimum absolute atomic E-state index is 0.0210. The van der Waals surface area contributed by atoms with E-state index < -0.39 is 10.0 Å². The van der Waals surface area contributed by atoms with Crippen LogP contribution >= 0.6 is 0 Å². The number of sulfonamides is 1. The topological polar surface area (TPSA) is 85.6 Å². The van der Waals surface area contributed by atoms with Crippen molar-refractivity contribution in [3.05, 3.63) is 12.1 Å². The number of nitrogens with one attached hydrogen (secondary N) is 1. The Balaban J connectivity index is 2.63. The van der Waals surface area contributed by atoms with Gasteiger partial charge < -0.3 is 14.2 Å². The van der Waals surface area contributed by atoms with E-state index in [9.17, 15) is 8.42 Å². The lowest BCUT2D eigenvalue weighted by Crippen LogP contribution is -2.01. The molecule has 81 valence electrons. The number of hydrogen-bond donors (Lipinski definition) is 0. The zero-order valence-corrected chi connectivity index (χ0v) is 8.63. The quantitative estimate of drug-likeness (QED) is 0.733. The van der Waals surface area contributed by atoms with Crippen LogP contribution in [-0.4, -0.2) is 22.3 Å². The van der Waals surface area contributed by atoms with Crippen molar-refractivity contribution in [2.75, 3.05) is 13.9 Å². The first-order chi connectivity index (χ1) is 7.02. The third-order valence-electron chi connectivity index (χ3n) is 1.94. The molecule has 0 bridgehead atoms. The predicted octanol–water partition coefficient (Wildman–Crippen LogP) is 0.395. The molecule has 1 heterocycles. The highest BCUT2D eigenvalue weighted by Crippen LogP contribution is 2.42. The van der Waals surface area contributed by atoms with E-state index in [1.807, 2.05) is 0 Å². The normalized spacial score (nSPS) is 14.0. The molecule has 6 nitrogen and oxygen atoms in total. The lowest BCUT2D eigenvalue weighted by molar-refractivity contribution is 0.171. The van der Waals surface area contributed by atoms with Crippen molar-refractivity contribution in [3.8, 4) is 17.2 Å². The highest BCUT2D eigenvalue weighted by molar-refractivity contribution is 7.88. The van der Waals surface area contributed by atoms with Crippen molar-refractivity contribution < 1.29 is 22.6 Å². The van der Waals surface area contributed by atoms with Crippen LogP contribution in [0.25, 0.3) is 0 Å². The minimum Gasteiger partial charge on any atom is -0.493 e. The lowest BCUT2D eigenvalue weighted by atomic mass is 10.3. The van der Waals surface area contributed by atoms with Gasteiger partial charge in [-0.2, -0.15) is 0 Å². The Morgan fingerprint density at radius 1 is 1.40 bits per heavy atom. The van der Waals surface area contributed by atoms with Gasteiger partial charge in [0.15, 0.2) is 11.5 Å². The van der Waals surface area contributed by atoms with E-state index in [1.54, 1.807) is 0 Å². The maximum atomic E-state index is 11.0. The molecule has 1 aliphatic heterocycles. The highest BCUT2D eigenvalue weighted by Gasteiger charge is 2.23. The lowest BCUT2D eigenvalue weighted by Gasteiger charge is -2.06. The van der Waals surface area contributed by atoms with Crippen molar-refractivity contribution in [1.82, 2.24) is 5.14 Å². The van der Waals surface area contributed by atoms with Gasteiger partial charge in [0, 0.05) is 12.1 Å². The van der Waals surface area contributed by atoms with E-state index in [1.165, 1.54) is 19.2 Å². The molecule has 0 spiro atoms. The van der Waals surface area contributed by atoms with Gasteiger partial charge in [-0.3, -0.25) is 0 Å². The van der Waals surface area contributed by atoms with E-state index in [2.05, 4.69) is 0 Å². The van der Waals surface area contributed by atoms with Crippen LogP contribution in [0, 0.1) is 0 Å². The summed E-state index contributed by atoms with van der Waals surface area (Å²) >= 11 is 0. The molecule has 0 fully saturated rings. The second-order valence-electron chi connectivity index (χ2n) is 2.86. The van der Waals surface area contributed by atoms with E-state index in [-0.39, 0.29) is 23.2 Å². The summed E-state index contributed by atoms with van der Waals surface area (Å²) in [5.74, 6) is 0.890. The molecular formula is C8H8NO5S. The standard InChI is InChI=1S/C8H8NO5S/c1-12-6-2-5(15(9,10)11)3-7-8(6)14-4-13-7/h2-3,9H,4H2,1H3. The number of benzene rings is 1. The zero-order valence-electron chi connectivity index (χ0n) is 7.81. The van der Waals surface area contributed by atoms with E-state index >= 15 is 0 Å². The predicted molar refractivity (Wildman–Crippen MR) is 49.4 cm³/mol. The molecule has 1 N–H and O–H groups in total. The third kappa shape index (κ3) is 1.71. The fraction of sp³-hybridized carbons (Fsp3) is 0.250. The Morgan fingerprint density at radius 2 is 2.13 bits per heavy atom. The third-order valence-corrected chi connectivity index (χ3v) is 2.80. The first kappa shape index (κ1) is 10.1. The second-order valence-corrected chi connectivity index (χ2v) is 4.34. The number of fused-ring (bicyclic) bond motifs is 1. The van der Waals surface area contributed by atoms with Gasteiger partial charge in [-0.1, -0.05) is 0 Å². The Hall–Kier alpha value is -1.47. The summed E-state index contributed by atoms with van der Waals surface area (Å²) in [7, 11) is -2.64. The average Bonchev–Trinajstić information content (AvgIpc) is 2.62. The summed E-state index contributed by atoms with van der Waals surface area (Å²) in [6.45, 7) is 0.0210. The summed E-state index contributed by atoms with van der Waals surface area (Å²) in [4.78, 5) is -0.177. The second kappa shape index (κ2) is 3.28. The van der Waals surface area contributed by atoms with Gasteiger partial charge in [-0.15, -0.1) is 5.14 Å². The van der Waals surface area contributed by atoms with Crippen LogP contribution in [0.2, 0.25) is 0 Å². The molecule has 0 unspecified atom stereocenters. The van der Waals surface area contributed by atoms with E-state index in [0.717, 1.165) is 0 Å². The molecular weight excluding hydrogens is 222 g/mol. The Kier molecular flexibility index (Phi) is 2.20. The average molecular weight is 230 g/mol. The van der Waals surface area contributed by atoms with Gasteiger partial charge in [0.1, 0.15) is 0 Å². The zero-order chi connectivity index (χ0) is 11.1. The molecule has 0 atom stereocenters. The summed E-state index contributed by atoms with van der Waals surface area (Å²) in [5, 5.41) is 6.93. The maximum absolute atomic E-state index is 11.0. The van der Waals surface area contributed by atoms with Crippen LogP contribution in [0.5, 0.6) is 17.2 Å². The minimum atomic E-state index is -4.02. The van der Waals surface area contributed by atoms with Gasteiger partial charge in [0.05, 0.1) is 12.0 Å². The highest BCUT2D eigenvalue weighted by atomic mass is 32.2. The largest absolute Gasteiger partial charge is 0.493 e. The molecule has 0 aromatic heterocycles. The number of methoxy groups -OCH3 is 1. The van der Waals surface area contributed by atoms with Crippen LogP contribution in [0.4, 0.5) is 0 Å². The van der Waals surface area contributed by atoms with Gasteiger partial charge in [-0.05, 0) is 0 Å². The Bertz CT molecular complexity index is 496. The Morgan fingerprint density at radius 3 is 2.73 bits per heavy atom. The molecule has 1 aliphatic rings. The van der Waals surface area contributed by atoms with Crippen molar-refractivity contribution in [2.24, 2.45) is 0 Å². The van der Waals surface area contributed by atoms with Crippen molar-refractivity contribution in [2.45, 2.75) is 4.90 Å². The first-order valence-corrected chi connectivity index (χ1v) is 5.48. The van der Waals surface area contributed by atoms with Gasteiger partial charge in [0.2, 0.25) is 12.5 Å². The molecule has 1 radical (unpaired) electrons. The van der Waals surface area contributed by atoms with Crippen LogP contribution in [0.15, 0.2) is 17.0 Å². The molecule has 0 amide bonds. The SMILES string of the molecule is COc1cc(S([NH])(=O)=O)cc2c1OCO2. The van der Waals surface area contributed by atoms with Crippen molar-refractivity contribution >= 4 is 10.0 Å². The Labute approximate surface area is 86.6 Å². The van der Waals surface area contributed by atoms with Crippen LogP contribution in [0.1, 0.15) is 0 Å². The fourth-order valence-corrected chi connectivity index (χ4v) is 1.79. The van der Waals surface area contributed by atoms with E-state index in [4.69, 9.17) is 19.3 Å². The van der Waals surface area contributed by atoms with Crippen molar-refractivity contribution in [1.29, 1.82) is 0 Å². The summed E-state index contributed by atoms with van der Waals surface area (Å²) in [6.07, 6.45) is 0. The molecule has 0 saturated heterocycles. The smallest absolute Gasteiger partial charge is 0.254 e. The molecule has 0 aliphatic carbocycles. The monoisotopic (exact) mass is 230 g/mol. The van der Waals surface area contributed by atoms with Crippen LogP contribution in [-0.2, 0) is 10.0 Å². The summed E-state index contributed by atoms with van der Waals surface area (Å²) in [5.41, 5.74) is 0. The van der Waals surface area contributed by atoms with Gasteiger partial charge in [0.25, 0.3) is 10.0 Å². The molecule has 7 heteroatoms. The van der Waals surface area contributed by atoms with Crippen LogP contribution < -0.4 is 19.3 Å². The molecule has 1 aromatic carbocycles. The number of rotatable bonds is 2. The van der Waals surface area contributed by atoms with E-state index in [0.29, 0.717) is 5.75 Å². The molecule has 15 heavy (non-hydrogen) atoms. The molecule has 0 saturated carbocycles. The molecule has 1 aromatic rings. The maximum Gasteiger partial charge on any atom is 0.254 e. The van der Waals surface area contributed by atoms with Gasteiger partial charge >= 0.3 is 0 Å². The first-order valence-electron chi connectivity index (χ1n) is 3.99. The molecule has 2 rings (SSSR count). The summed E-state index contributed by atoms with van der Waals surface area (Å²) in [6, 6.07) is 2.48. The van der Waals surface area contributed by atoms with Gasteiger partial charge in [-0.25, -0.2) is 8.42 Å². The fourth-order valence-electron chi connectivity index (χ4n) is 1.26.